The molecule has 26 heavy (non-hydrogen) atoms. The first-order valence-electron chi connectivity index (χ1n) is 8.55. The summed E-state index contributed by atoms with van der Waals surface area (Å²) < 4.78 is 1.03. The number of nitrogens with zero attached hydrogens (tertiary/aromatic N) is 2. The number of hydrazone groups is 1. The van der Waals surface area contributed by atoms with E-state index in [0.29, 0.717) is 17.9 Å². The summed E-state index contributed by atoms with van der Waals surface area (Å²) >= 11 is 9.50. The summed E-state index contributed by atoms with van der Waals surface area (Å²) in [5, 5.41) is 6.69. The number of carbonyl (C=O) groups excluding carboxylic acids is 1. The maximum Gasteiger partial charge on any atom is 0.259 e. The van der Waals surface area contributed by atoms with E-state index in [1.54, 1.807) is 12.1 Å². The third-order valence-corrected chi connectivity index (χ3v) is 5.86. The van der Waals surface area contributed by atoms with Gasteiger partial charge in [0.2, 0.25) is 0 Å². The van der Waals surface area contributed by atoms with Crippen LogP contribution in [0.1, 0.15) is 32.3 Å². The SMILES string of the molecule is CC[C@@]1(C/C=C/c2ccccc2Br)C(=O)N(c2ccc(Cl)cc2)N=C1C. The number of carbonyl (C=O) groups is 1. The Bertz CT molecular complexity index is 876. The molecule has 0 aromatic heterocycles. The lowest BCUT2D eigenvalue weighted by Crippen LogP contribution is -2.38. The molecule has 1 aliphatic rings. The molecule has 0 spiro atoms. The van der Waals surface area contributed by atoms with E-state index in [1.165, 1.54) is 5.01 Å². The van der Waals surface area contributed by atoms with Gasteiger partial charge in [0, 0.05) is 9.50 Å². The number of hydrogen-bond donors (Lipinski definition) is 0. The number of hydrogen-bond acceptors (Lipinski definition) is 2. The fourth-order valence-electron chi connectivity index (χ4n) is 3.19. The van der Waals surface area contributed by atoms with Gasteiger partial charge in [0.05, 0.1) is 16.8 Å². The van der Waals surface area contributed by atoms with Crippen LogP contribution in [0.4, 0.5) is 5.69 Å². The molecule has 3 rings (SSSR count). The third kappa shape index (κ3) is 3.49. The van der Waals surface area contributed by atoms with Gasteiger partial charge < -0.3 is 0 Å². The van der Waals surface area contributed by atoms with Crippen molar-refractivity contribution < 1.29 is 4.79 Å². The second-order valence-corrected chi connectivity index (χ2v) is 7.63. The standard InChI is InChI=1S/C21H20BrClN2O/c1-3-21(14-6-8-16-7-4-5-9-19(16)22)15(2)24-25(20(21)26)18-12-10-17(23)11-13-18/h4-13H,3,14H2,1-2H3/b8-6+/t21-/m0/s1. The Labute approximate surface area is 167 Å². The molecule has 2 aromatic rings. The molecule has 134 valence electrons. The quantitative estimate of drug-likeness (QED) is 0.545. The number of allylic oxidation sites excluding steroid dienone is 1. The number of amides is 1. The minimum atomic E-state index is -0.600. The second kappa shape index (κ2) is 7.77. The van der Waals surface area contributed by atoms with E-state index in [4.69, 9.17) is 11.6 Å². The molecule has 1 amide bonds. The lowest BCUT2D eigenvalue weighted by atomic mass is 9.77. The summed E-state index contributed by atoms with van der Waals surface area (Å²) in [5.74, 6) is 0.0107. The van der Waals surface area contributed by atoms with Crippen molar-refractivity contribution in [1.29, 1.82) is 0 Å². The van der Waals surface area contributed by atoms with Crippen molar-refractivity contribution in [3.8, 4) is 0 Å². The van der Waals surface area contributed by atoms with E-state index in [0.717, 1.165) is 21.4 Å². The van der Waals surface area contributed by atoms with Crippen molar-refractivity contribution in [3.63, 3.8) is 0 Å². The van der Waals surface area contributed by atoms with Gasteiger partial charge in [-0.3, -0.25) is 4.79 Å². The molecule has 5 heteroatoms. The largest absolute Gasteiger partial charge is 0.271 e. The van der Waals surface area contributed by atoms with Gasteiger partial charge in [-0.1, -0.05) is 64.8 Å². The van der Waals surface area contributed by atoms with Crippen molar-refractivity contribution in [2.45, 2.75) is 26.7 Å². The molecule has 1 atom stereocenters. The molecule has 0 N–H and O–H groups in total. The molecular formula is C21H20BrClN2O. The predicted molar refractivity (Wildman–Crippen MR) is 113 cm³/mol. The summed E-state index contributed by atoms with van der Waals surface area (Å²) in [5.41, 5.74) is 2.08. The van der Waals surface area contributed by atoms with Crippen LogP contribution in [0.3, 0.4) is 0 Å². The summed E-state index contributed by atoms with van der Waals surface area (Å²) in [7, 11) is 0. The van der Waals surface area contributed by atoms with Gasteiger partial charge in [0.15, 0.2) is 0 Å². The van der Waals surface area contributed by atoms with E-state index >= 15 is 0 Å². The monoisotopic (exact) mass is 430 g/mol. The molecule has 0 radical (unpaired) electrons. The van der Waals surface area contributed by atoms with E-state index in [-0.39, 0.29) is 5.91 Å². The lowest BCUT2D eigenvalue weighted by molar-refractivity contribution is -0.123. The summed E-state index contributed by atoms with van der Waals surface area (Å²) in [6.45, 7) is 3.97. The van der Waals surface area contributed by atoms with Crippen LogP contribution in [-0.2, 0) is 4.79 Å². The molecule has 0 saturated heterocycles. The van der Waals surface area contributed by atoms with E-state index in [2.05, 4.69) is 27.1 Å². The minimum Gasteiger partial charge on any atom is -0.271 e. The highest BCUT2D eigenvalue weighted by molar-refractivity contribution is 9.10. The number of halogens is 2. The van der Waals surface area contributed by atoms with Crippen LogP contribution in [-0.4, -0.2) is 11.6 Å². The highest BCUT2D eigenvalue weighted by Gasteiger charge is 2.47. The molecule has 2 aromatic carbocycles. The average Bonchev–Trinajstić information content (AvgIpc) is 2.89. The maximum absolute atomic E-state index is 13.2. The van der Waals surface area contributed by atoms with Gasteiger partial charge in [-0.05, 0) is 55.7 Å². The summed E-state index contributed by atoms with van der Waals surface area (Å²) in [4.78, 5) is 13.2. The number of rotatable bonds is 5. The summed E-state index contributed by atoms with van der Waals surface area (Å²) in [6.07, 6.45) is 5.42. The zero-order valence-electron chi connectivity index (χ0n) is 14.7. The van der Waals surface area contributed by atoms with Crippen LogP contribution in [0.2, 0.25) is 5.02 Å². The fourth-order valence-corrected chi connectivity index (χ4v) is 3.73. The maximum atomic E-state index is 13.2. The van der Waals surface area contributed by atoms with E-state index < -0.39 is 5.41 Å². The van der Waals surface area contributed by atoms with Crippen molar-refractivity contribution in [3.05, 3.63) is 69.7 Å². The zero-order valence-corrected chi connectivity index (χ0v) is 17.1. The van der Waals surface area contributed by atoms with Gasteiger partial charge >= 0.3 is 0 Å². The average molecular weight is 432 g/mol. The normalized spacial score (nSPS) is 20.1. The second-order valence-electron chi connectivity index (χ2n) is 6.34. The van der Waals surface area contributed by atoms with Crippen molar-refractivity contribution in [2.24, 2.45) is 10.5 Å². The number of anilines is 1. The van der Waals surface area contributed by atoms with E-state index in [9.17, 15) is 4.79 Å². The van der Waals surface area contributed by atoms with Crippen LogP contribution in [0.25, 0.3) is 6.08 Å². The van der Waals surface area contributed by atoms with Gasteiger partial charge in [0.1, 0.15) is 0 Å². The first kappa shape index (κ1) is 18.9. The van der Waals surface area contributed by atoms with Crippen LogP contribution >= 0.6 is 27.5 Å². The Hall–Kier alpha value is -1.91. The number of benzene rings is 2. The third-order valence-electron chi connectivity index (χ3n) is 4.89. The molecule has 0 unspecified atom stereocenters. The summed E-state index contributed by atoms with van der Waals surface area (Å²) in [6, 6.07) is 15.2. The molecule has 0 saturated carbocycles. The van der Waals surface area contributed by atoms with E-state index in [1.807, 2.05) is 56.3 Å². The Morgan fingerprint density at radius 1 is 1.19 bits per heavy atom. The molecular weight excluding hydrogens is 412 g/mol. The highest BCUT2D eigenvalue weighted by atomic mass is 79.9. The predicted octanol–water partition coefficient (Wildman–Crippen LogP) is 6.32. The molecule has 3 nitrogen and oxygen atoms in total. The van der Waals surface area contributed by atoms with Crippen molar-refractivity contribution >= 4 is 50.9 Å². The molecule has 0 aliphatic carbocycles. The Morgan fingerprint density at radius 2 is 1.88 bits per heavy atom. The minimum absolute atomic E-state index is 0.0107. The van der Waals surface area contributed by atoms with Crippen molar-refractivity contribution in [2.75, 3.05) is 5.01 Å². The zero-order chi connectivity index (χ0) is 18.7. The molecule has 1 aliphatic heterocycles. The smallest absolute Gasteiger partial charge is 0.259 e. The topological polar surface area (TPSA) is 32.7 Å². The highest BCUT2D eigenvalue weighted by Crippen LogP contribution is 2.39. The first-order chi connectivity index (χ1) is 12.5. The van der Waals surface area contributed by atoms with Gasteiger partial charge in [0.25, 0.3) is 5.91 Å². The lowest BCUT2D eigenvalue weighted by Gasteiger charge is -2.25. The fraction of sp³-hybridized carbons (Fsp3) is 0.238. The Balaban J connectivity index is 1.84. The van der Waals surface area contributed by atoms with Gasteiger partial charge in [-0.15, -0.1) is 0 Å². The first-order valence-corrected chi connectivity index (χ1v) is 9.72. The van der Waals surface area contributed by atoms with Crippen LogP contribution in [0, 0.1) is 5.41 Å². The van der Waals surface area contributed by atoms with Gasteiger partial charge in [-0.25, -0.2) is 0 Å². The molecule has 1 heterocycles. The van der Waals surface area contributed by atoms with Gasteiger partial charge in [-0.2, -0.15) is 10.1 Å². The Kier molecular flexibility index (Phi) is 5.64. The van der Waals surface area contributed by atoms with Crippen LogP contribution in [0.15, 0.2) is 64.2 Å². The van der Waals surface area contributed by atoms with Crippen LogP contribution in [0.5, 0.6) is 0 Å². The Morgan fingerprint density at radius 3 is 2.54 bits per heavy atom. The van der Waals surface area contributed by atoms with Crippen LogP contribution < -0.4 is 5.01 Å². The van der Waals surface area contributed by atoms with Crippen molar-refractivity contribution in [1.82, 2.24) is 0 Å². The molecule has 0 fully saturated rings. The molecule has 0 bridgehead atoms.